The van der Waals surface area contributed by atoms with Gasteiger partial charge in [0.05, 0.1) is 19.8 Å². The molecule has 4 heteroatoms. The Hall–Kier alpha value is -1.03. The van der Waals surface area contributed by atoms with Crippen molar-refractivity contribution >= 4 is 22.2 Å². The standard InChI is InChI=1S/C11H13BrO3/c1-6-8(5-13)11(15-4)10(14-3)7(2)9(6)12/h5H,1-4H3. The van der Waals surface area contributed by atoms with E-state index in [9.17, 15) is 4.79 Å². The van der Waals surface area contributed by atoms with Gasteiger partial charge in [0.25, 0.3) is 0 Å². The maximum absolute atomic E-state index is 11.0. The third-order valence-electron chi connectivity index (χ3n) is 2.38. The summed E-state index contributed by atoms with van der Waals surface area (Å²) in [6.45, 7) is 3.77. The molecule has 0 amide bonds. The molecular formula is C11H13BrO3. The van der Waals surface area contributed by atoms with E-state index in [2.05, 4.69) is 15.9 Å². The molecule has 0 saturated heterocycles. The highest BCUT2D eigenvalue weighted by atomic mass is 79.9. The predicted molar refractivity (Wildman–Crippen MR) is 62.1 cm³/mol. The van der Waals surface area contributed by atoms with Crippen molar-refractivity contribution < 1.29 is 14.3 Å². The molecule has 1 aromatic rings. The summed E-state index contributed by atoms with van der Waals surface area (Å²) in [5, 5.41) is 0. The average molecular weight is 273 g/mol. The number of rotatable bonds is 3. The second-order valence-corrected chi connectivity index (χ2v) is 3.96. The first kappa shape index (κ1) is 12.0. The summed E-state index contributed by atoms with van der Waals surface area (Å²) < 4.78 is 11.3. The van der Waals surface area contributed by atoms with Gasteiger partial charge in [-0.25, -0.2) is 0 Å². The van der Waals surface area contributed by atoms with Gasteiger partial charge in [-0.2, -0.15) is 0 Å². The predicted octanol–water partition coefficient (Wildman–Crippen LogP) is 2.90. The average Bonchev–Trinajstić information content (AvgIpc) is 2.25. The van der Waals surface area contributed by atoms with Crippen LogP contribution in [0.1, 0.15) is 21.5 Å². The van der Waals surface area contributed by atoms with Gasteiger partial charge < -0.3 is 9.47 Å². The van der Waals surface area contributed by atoms with Crippen molar-refractivity contribution in [3.05, 3.63) is 21.2 Å². The first-order chi connectivity index (χ1) is 7.08. The summed E-state index contributed by atoms with van der Waals surface area (Å²) in [6, 6.07) is 0. The molecular weight excluding hydrogens is 260 g/mol. The maximum atomic E-state index is 11.0. The number of benzene rings is 1. The smallest absolute Gasteiger partial charge is 0.171 e. The number of hydrogen-bond acceptors (Lipinski definition) is 3. The van der Waals surface area contributed by atoms with Crippen LogP contribution in [0.4, 0.5) is 0 Å². The van der Waals surface area contributed by atoms with Crippen molar-refractivity contribution in [3.63, 3.8) is 0 Å². The minimum atomic E-state index is 0.491. The number of carbonyl (C=O) groups excluding carboxylic acids is 1. The minimum absolute atomic E-state index is 0.491. The van der Waals surface area contributed by atoms with Gasteiger partial charge in [0.1, 0.15) is 0 Å². The number of methoxy groups -OCH3 is 2. The van der Waals surface area contributed by atoms with E-state index in [1.54, 1.807) is 7.11 Å². The Morgan fingerprint density at radius 1 is 1.07 bits per heavy atom. The zero-order valence-electron chi connectivity index (χ0n) is 9.18. The van der Waals surface area contributed by atoms with Crippen molar-refractivity contribution in [3.8, 4) is 11.5 Å². The van der Waals surface area contributed by atoms with Crippen LogP contribution in [0.5, 0.6) is 11.5 Å². The second-order valence-electron chi connectivity index (χ2n) is 3.16. The highest BCUT2D eigenvalue weighted by Gasteiger charge is 2.19. The molecule has 3 nitrogen and oxygen atoms in total. The lowest BCUT2D eigenvalue weighted by Gasteiger charge is -2.16. The van der Waals surface area contributed by atoms with Gasteiger partial charge in [0.2, 0.25) is 0 Å². The third kappa shape index (κ3) is 1.86. The van der Waals surface area contributed by atoms with Crippen LogP contribution in [-0.2, 0) is 0 Å². The second kappa shape index (κ2) is 4.66. The fourth-order valence-electron chi connectivity index (χ4n) is 1.55. The van der Waals surface area contributed by atoms with E-state index in [4.69, 9.17) is 9.47 Å². The molecule has 0 bridgehead atoms. The van der Waals surface area contributed by atoms with Gasteiger partial charge in [0, 0.05) is 10.0 Å². The van der Waals surface area contributed by atoms with Crippen molar-refractivity contribution in [2.24, 2.45) is 0 Å². The summed E-state index contributed by atoms with van der Waals surface area (Å²) >= 11 is 3.43. The molecule has 0 fully saturated rings. The SMILES string of the molecule is COc1c(C)c(Br)c(C)c(C=O)c1OC. The monoisotopic (exact) mass is 272 g/mol. The van der Waals surface area contributed by atoms with E-state index in [-0.39, 0.29) is 0 Å². The first-order valence-electron chi connectivity index (χ1n) is 4.44. The topological polar surface area (TPSA) is 35.5 Å². The van der Waals surface area contributed by atoms with E-state index in [1.165, 1.54) is 7.11 Å². The summed E-state index contributed by atoms with van der Waals surface area (Å²) in [5.74, 6) is 1.09. The summed E-state index contributed by atoms with van der Waals surface area (Å²) in [6.07, 6.45) is 0.779. The van der Waals surface area contributed by atoms with E-state index >= 15 is 0 Å². The van der Waals surface area contributed by atoms with Crippen LogP contribution >= 0.6 is 15.9 Å². The van der Waals surface area contributed by atoms with Gasteiger partial charge in [-0.3, -0.25) is 4.79 Å². The molecule has 82 valence electrons. The van der Waals surface area contributed by atoms with Crippen LogP contribution in [0.25, 0.3) is 0 Å². The number of carbonyl (C=O) groups is 1. The van der Waals surface area contributed by atoms with Crippen LogP contribution in [-0.4, -0.2) is 20.5 Å². The molecule has 1 rings (SSSR count). The van der Waals surface area contributed by atoms with Crippen LogP contribution in [0.2, 0.25) is 0 Å². The van der Waals surface area contributed by atoms with E-state index in [1.807, 2.05) is 13.8 Å². The zero-order chi connectivity index (χ0) is 11.6. The molecule has 0 N–H and O–H groups in total. The lowest BCUT2D eigenvalue weighted by molar-refractivity contribution is 0.111. The van der Waals surface area contributed by atoms with E-state index in [0.717, 1.165) is 21.9 Å². The van der Waals surface area contributed by atoms with Crippen LogP contribution in [0.3, 0.4) is 0 Å². The molecule has 0 aliphatic carbocycles. The largest absolute Gasteiger partial charge is 0.493 e. The van der Waals surface area contributed by atoms with E-state index < -0.39 is 0 Å². The molecule has 0 aromatic heterocycles. The number of halogens is 1. The van der Waals surface area contributed by atoms with Gasteiger partial charge in [0.15, 0.2) is 17.8 Å². The Labute approximate surface area is 97.5 Å². The first-order valence-corrected chi connectivity index (χ1v) is 5.23. The lowest BCUT2D eigenvalue weighted by atomic mass is 10.0. The van der Waals surface area contributed by atoms with Crippen LogP contribution in [0.15, 0.2) is 4.47 Å². The zero-order valence-corrected chi connectivity index (χ0v) is 10.8. The third-order valence-corrected chi connectivity index (χ3v) is 3.57. The Kier molecular flexibility index (Phi) is 3.74. The normalized spacial score (nSPS) is 9.93. The highest BCUT2D eigenvalue weighted by Crippen LogP contribution is 2.40. The Morgan fingerprint density at radius 3 is 2.00 bits per heavy atom. The number of ether oxygens (including phenoxy) is 2. The summed E-state index contributed by atoms with van der Waals surface area (Å²) in [7, 11) is 3.08. The van der Waals surface area contributed by atoms with Gasteiger partial charge >= 0.3 is 0 Å². The summed E-state index contributed by atoms with van der Waals surface area (Å²) in [4.78, 5) is 11.0. The molecule has 0 atom stereocenters. The lowest BCUT2D eigenvalue weighted by Crippen LogP contribution is -2.01. The van der Waals surface area contributed by atoms with Crippen molar-refractivity contribution in [1.82, 2.24) is 0 Å². The Balaban J connectivity index is 3.66. The molecule has 0 aliphatic heterocycles. The fraction of sp³-hybridized carbons (Fsp3) is 0.364. The Bertz CT molecular complexity index is 400. The van der Waals surface area contributed by atoms with Crippen LogP contribution < -0.4 is 9.47 Å². The number of hydrogen-bond donors (Lipinski definition) is 0. The van der Waals surface area contributed by atoms with Gasteiger partial charge in [-0.15, -0.1) is 0 Å². The molecule has 1 aromatic carbocycles. The fourth-order valence-corrected chi connectivity index (χ4v) is 1.95. The molecule has 0 aliphatic rings. The van der Waals surface area contributed by atoms with Crippen molar-refractivity contribution in [1.29, 1.82) is 0 Å². The summed E-state index contributed by atoms with van der Waals surface area (Å²) in [5.41, 5.74) is 2.31. The molecule has 15 heavy (non-hydrogen) atoms. The van der Waals surface area contributed by atoms with Crippen molar-refractivity contribution in [2.45, 2.75) is 13.8 Å². The van der Waals surface area contributed by atoms with Crippen molar-refractivity contribution in [2.75, 3.05) is 14.2 Å². The maximum Gasteiger partial charge on any atom is 0.171 e. The molecule has 0 radical (unpaired) electrons. The van der Waals surface area contributed by atoms with Crippen LogP contribution in [0, 0.1) is 13.8 Å². The van der Waals surface area contributed by atoms with E-state index in [0.29, 0.717) is 17.1 Å². The molecule has 0 unspecified atom stereocenters. The molecule has 0 spiro atoms. The number of aldehydes is 1. The Morgan fingerprint density at radius 2 is 1.60 bits per heavy atom. The van der Waals surface area contributed by atoms with Gasteiger partial charge in [-0.05, 0) is 19.4 Å². The minimum Gasteiger partial charge on any atom is -0.493 e. The van der Waals surface area contributed by atoms with Gasteiger partial charge in [-0.1, -0.05) is 15.9 Å². The highest BCUT2D eigenvalue weighted by molar-refractivity contribution is 9.10. The molecule has 0 saturated carbocycles. The quantitative estimate of drug-likeness (QED) is 0.794. The molecule has 0 heterocycles.